The van der Waals surface area contributed by atoms with Gasteiger partial charge in [-0.15, -0.1) is 0 Å². The van der Waals surface area contributed by atoms with Gasteiger partial charge in [-0.2, -0.15) is 0 Å². The number of piperidine rings is 2. The van der Waals surface area contributed by atoms with E-state index in [-0.39, 0.29) is 0 Å². The Bertz CT molecular complexity index is 1690. The van der Waals surface area contributed by atoms with Crippen LogP contribution in [0.5, 0.6) is 0 Å². The molecule has 2 saturated heterocycles. The van der Waals surface area contributed by atoms with Gasteiger partial charge >= 0.3 is 0 Å². The van der Waals surface area contributed by atoms with E-state index in [0.29, 0.717) is 24.0 Å². The summed E-state index contributed by atoms with van der Waals surface area (Å²) in [5.41, 5.74) is 10.7. The molecule has 5 nitrogen and oxygen atoms in total. The van der Waals surface area contributed by atoms with Crippen molar-refractivity contribution in [2.75, 3.05) is 36.5 Å². The predicted molar refractivity (Wildman–Crippen MR) is 195 cm³/mol. The number of fused-ring (bicyclic) bond motifs is 6. The van der Waals surface area contributed by atoms with Gasteiger partial charge in [-0.25, -0.2) is 0 Å². The standard InChI is InChI=1S/C42H47N5/c1-45-26-24-40-37(28-45)36-27-35(46(32-10-4-2-5-11-32)33-12-6-3-7-13-33)21-23-39(36)47(40)34-19-16-29(17-20-34)38-22-18-31-15-14-30-9-8-25-43-41(30)42(31)44-38/h2-7,10-13,16-17,19-21,23,27,30-31,37-38,40,42,44H,8-9,14-15,18,22,24-26,28H2,1H3. The van der Waals surface area contributed by atoms with Gasteiger partial charge in [0.05, 0.1) is 0 Å². The van der Waals surface area contributed by atoms with Crippen LogP contribution in [0.3, 0.4) is 0 Å². The highest BCUT2D eigenvalue weighted by atomic mass is 15.2. The van der Waals surface area contributed by atoms with Crippen LogP contribution in [0, 0.1) is 11.8 Å². The lowest BCUT2D eigenvalue weighted by atomic mass is 9.69. The highest BCUT2D eigenvalue weighted by Gasteiger charge is 2.43. The summed E-state index contributed by atoms with van der Waals surface area (Å²) in [7, 11) is 2.28. The monoisotopic (exact) mass is 621 g/mol. The molecule has 5 heteroatoms. The van der Waals surface area contributed by atoms with E-state index in [1.54, 1.807) is 0 Å². The number of aliphatic imine (C=N–C) groups is 1. The second kappa shape index (κ2) is 12.3. The minimum Gasteiger partial charge on any atom is -0.337 e. The summed E-state index contributed by atoms with van der Waals surface area (Å²) in [5.74, 6) is 1.97. The van der Waals surface area contributed by atoms with Gasteiger partial charge in [-0.3, -0.25) is 4.99 Å². The van der Waals surface area contributed by atoms with Crippen molar-refractivity contribution < 1.29 is 0 Å². The molecule has 0 aromatic heterocycles. The molecule has 47 heavy (non-hydrogen) atoms. The molecule has 4 aromatic carbocycles. The molecule has 4 aliphatic heterocycles. The molecule has 5 aliphatic rings. The van der Waals surface area contributed by atoms with Crippen molar-refractivity contribution in [3.63, 3.8) is 0 Å². The third kappa shape index (κ3) is 5.28. The number of anilines is 5. The van der Waals surface area contributed by atoms with Gasteiger partial charge in [0.2, 0.25) is 0 Å². The van der Waals surface area contributed by atoms with Crippen LogP contribution in [0.2, 0.25) is 0 Å². The summed E-state index contributed by atoms with van der Waals surface area (Å²) in [6, 6.07) is 39.8. The molecule has 1 aliphatic carbocycles. The minimum absolute atomic E-state index is 0.417. The van der Waals surface area contributed by atoms with Gasteiger partial charge < -0.3 is 20.0 Å². The third-order valence-corrected chi connectivity index (χ3v) is 11.9. The molecular weight excluding hydrogens is 574 g/mol. The van der Waals surface area contributed by atoms with Crippen LogP contribution in [0.15, 0.2) is 108 Å². The summed E-state index contributed by atoms with van der Waals surface area (Å²) >= 11 is 0. The molecule has 6 atom stereocenters. The lowest BCUT2D eigenvalue weighted by Gasteiger charge is -2.45. The first-order valence-electron chi connectivity index (χ1n) is 18.1. The Balaban J connectivity index is 1.03. The first kappa shape index (κ1) is 29.2. The third-order valence-electron chi connectivity index (χ3n) is 11.9. The van der Waals surface area contributed by atoms with Crippen molar-refractivity contribution >= 4 is 34.1 Å². The molecule has 4 heterocycles. The zero-order chi connectivity index (χ0) is 31.3. The Labute approximate surface area is 280 Å². The molecule has 1 saturated carbocycles. The van der Waals surface area contributed by atoms with Crippen LogP contribution >= 0.6 is 0 Å². The molecule has 0 spiro atoms. The Kier molecular flexibility index (Phi) is 7.63. The van der Waals surface area contributed by atoms with E-state index in [9.17, 15) is 0 Å². The number of likely N-dealkylation sites (tertiary alicyclic amines) is 1. The van der Waals surface area contributed by atoms with Crippen LogP contribution < -0.4 is 15.1 Å². The largest absolute Gasteiger partial charge is 0.337 e. The van der Waals surface area contributed by atoms with E-state index in [2.05, 4.69) is 130 Å². The molecule has 0 amide bonds. The van der Waals surface area contributed by atoms with Crippen LogP contribution in [0.1, 0.15) is 68.0 Å². The lowest BCUT2D eigenvalue weighted by Crippen LogP contribution is -2.53. The summed E-state index contributed by atoms with van der Waals surface area (Å²) in [5, 5.41) is 4.11. The SMILES string of the molecule is CN1CCC2C(C1)c1cc(N(c3ccccc3)c3ccccc3)ccc1N2c1ccc(C2CCC3CCC4CCCN=C4C3N2)cc1. The Hall–Kier alpha value is -3.93. The summed E-state index contributed by atoms with van der Waals surface area (Å²) in [4.78, 5) is 12.7. The highest BCUT2D eigenvalue weighted by molar-refractivity contribution is 5.93. The van der Waals surface area contributed by atoms with E-state index >= 15 is 0 Å². The fraction of sp³-hybridized carbons (Fsp3) is 0.405. The second-order valence-corrected chi connectivity index (χ2v) is 14.7. The zero-order valence-corrected chi connectivity index (χ0v) is 27.6. The van der Waals surface area contributed by atoms with E-state index in [1.165, 1.54) is 90.2 Å². The maximum atomic E-state index is 5.09. The normalized spacial score (nSPS) is 28.4. The quantitative estimate of drug-likeness (QED) is 0.241. The van der Waals surface area contributed by atoms with Crippen molar-refractivity contribution in [3.8, 4) is 0 Å². The average molecular weight is 622 g/mol. The Morgan fingerprint density at radius 3 is 2.26 bits per heavy atom. The van der Waals surface area contributed by atoms with Crippen molar-refractivity contribution in [2.24, 2.45) is 16.8 Å². The number of hydrogen-bond acceptors (Lipinski definition) is 5. The maximum Gasteiger partial charge on any atom is 0.0487 e. The molecule has 240 valence electrons. The van der Waals surface area contributed by atoms with Crippen LogP contribution in [-0.4, -0.2) is 49.4 Å². The summed E-state index contributed by atoms with van der Waals surface area (Å²) in [6.45, 7) is 3.26. The maximum absolute atomic E-state index is 5.09. The molecule has 0 bridgehead atoms. The molecule has 0 radical (unpaired) electrons. The average Bonchev–Trinajstić information content (AvgIpc) is 3.45. The molecule has 4 aromatic rings. The number of hydrogen-bond donors (Lipinski definition) is 1. The minimum atomic E-state index is 0.417. The zero-order valence-electron chi connectivity index (χ0n) is 27.6. The van der Waals surface area contributed by atoms with E-state index in [0.717, 1.165) is 31.5 Å². The Morgan fingerprint density at radius 1 is 0.745 bits per heavy atom. The van der Waals surface area contributed by atoms with Gasteiger partial charge in [-0.1, -0.05) is 48.5 Å². The first-order chi connectivity index (χ1) is 23.2. The fourth-order valence-electron chi connectivity index (χ4n) is 9.66. The molecular formula is C42H47N5. The van der Waals surface area contributed by atoms with Crippen LogP contribution in [0.25, 0.3) is 0 Å². The van der Waals surface area contributed by atoms with Crippen molar-refractivity contribution in [1.82, 2.24) is 10.2 Å². The number of benzene rings is 4. The van der Waals surface area contributed by atoms with Gasteiger partial charge in [-0.05, 0) is 136 Å². The predicted octanol–water partition coefficient (Wildman–Crippen LogP) is 9.15. The van der Waals surface area contributed by atoms with E-state index < -0.39 is 0 Å². The highest BCUT2D eigenvalue weighted by Crippen LogP contribution is 2.51. The molecule has 9 rings (SSSR count). The summed E-state index contributed by atoms with van der Waals surface area (Å²) in [6.07, 6.45) is 9.06. The molecule has 1 N–H and O–H groups in total. The number of para-hydroxylation sites is 2. The van der Waals surface area contributed by atoms with Gasteiger partial charge in [0.1, 0.15) is 0 Å². The topological polar surface area (TPSA) is 34.1 Å². The number of nitrogens with zero attached hydrogens (tertiary/aromatic N) is 4. The lowest BCUT2D eigenvalue weighted by molar-refractivity contribution is 0.224. The van der Waals surface area contributed by atoms with Crippen molar-refractivity contribution in [1.29, 1.82) is 0 Å². The van der Waals surface area contributed by atoms with Crippen molar-refractivity contribution in [3.05, 3.63) is 114 Å². The van der Waals surface area contributed by atoms with E-state index in [1.807, 2.05) is 0 Å². The number of likely N-dealkylation sites (N-methyl/N-ethyl adjacent to an activating group) is 1. The van der Waals surface area contributed by atoms with Gasteiger partial charge in [0.15, 0.2) is 0 Å². The second-order valence-electron chi connectivity index (χ2n) is 14.7. The van der Waals surface area contributed by atoms with Crippen molar-refractivity contribution in [2.45, 2.75) is 69.0 Å². The fourth-order valence-corrected chi connectivity index (χ4v) is 9.66. The molecule has 3 fully saturated rings. The van der Waals surface area contributed by atoms with Gasteiger partial charge in [0.25, 0.3) is 0 Å². The first-order valence-corrected chi connectivity index (χ1v) is 18.1. The number of rotatable bonds is 5. The summed E-state index contributed by atoms with van der Waals surface area (Å²) < 4.78 is 0. The van der Waals surface area contributed by atoms with E-state index in [4.69, 9.17) is 4.99 Å². The van der Waals surface area contributed by atoms with Crippen LogP contribution in [0.4, 0.5) is 28.4 Å². The van der Waals surface area contributed by atoms with Crippen LogP contribution in [-0.2, 0) is 0 Å². The Morgan fingerprint density at radius 2 is 1.49 bits per heavy atom. The number of nitrogens with one attached hydrogen (secondary N) is 1. The smallest absolute Gasteiger partial charge is 0.0487 e. The molecule has 6 unspecified atom stereocenters. The van der Waals surface area contributed by atoms with Gasteiger partial charge in [0, 0.05) is 71.3 Å².